The van der Waals surface area contributed by atoms with E-state index in [9.17, 15) is 4.79 Å². The minimum absolute atomic E-state index is 0.212. The smallest absolute Gasteiger partial charge is 0.341 e. The first-order chi connectivity index (χ1) is 13.5. The van der Waals surface area contributed by atoms with Crippen molar-refractivity contribution in [3.8, 4) is 0 Å². The van der Waals surface area contributed by atoms with Gasteiger partial charge in [0.15, 0.2) is 0 Å². The van der Waals surface area contributed by atoms with Crippen LogP contribution < -0.4 is 0 Å². The number of ether oxygens (including phenoxy) is 2. The van der Waals surface area contributed by atoms with E-state index in [0.29, 0.717) is 11.1 Å². The molecule has 0 radical (unpaired) electrons. The summed E-state index contributed by atoms with van der Waals surface area (Å²) in [5.74, 6) is -0.477. The van der Waals surface area contributed by atoms with E-state index in [2.05, 4.69) is 24.2 Å². The van der Waals surface area contributed by atoms with E-state index >= 15 is 0 Å². The summed E-state index contributed by atoms with van der Waals surface area (Å²) in [5, 5.41) is 4.13. The number of hydrogen-bond acceptors (Lipinski definition) is 5. The molecule has 0 aliphatic rings. The van der Waals surface area contributed by atoms with Crippen LogP contribution in [0.15, 0.2) is 66.0 Å². The van der Waals surface area contributed by atoms with Crippen LogP contribution in [-0.4, -0.2) is 25.9 Å². The Kier molecular flexibility index (Phi) is 8.03. The zero-order valence-electron chi connectivity index (χ0n) is 16.6. The fourth-order valence-electron chi connectivity index (χ4n) is 2.49. The summed E-state index contributed by atoms with van der Waals surface area (Å²) in [6, 6.07) is 15.6. The van der Waals surface area contributed by atoms with Crippen LogP contribution in [0.5, 0.6) is 0 Å². The van der Waals surface area contributed by atoms with Crippen molar-refractivity contribution in [2.24, 2.45) is 5.16 Å². The number of rotatable bonds is 8. The minimum atomic E-state index is -0.477. The molecule has 0 aromatic heterocycles. The Labute approximate surface area is 165 Å². The van der Waals surface area contributed by atoms with Crippen molar-refractivity contribution in [3.05, 3.63) is 83.1 Å². The lowest BCUT2D eigenvalue weighted by molar-refractivity contribution is -0.133. The van der Waals surface area contributed by atoms with Gasteiger partial charge in [0.1, 0.15) is 12.2 Å². The molecule has 0 unspecified atom stereocenters. The highest BCUT2D eigenvalue weighted by Gasteiger charge is 2.16. The Morgan fingerprint density at radius 1 is 1.07 bits per heavy atom. The molecule has 0 amide bonds. The summed E-state index contributed by atoms with van der Waals surface area (Å²) < 4.78 is 9.85. The highest BCUT2D eigenvalue weighted by Crippen LogP contribution is 2.21. The molecule has 0 heterocycles. The van der Waals surface area contributed by atoms with Gasteiger partial charge in [-0.3, -0.25) is 0 Å². The molecule has 0 saturated heterocycles. The summed E-state index contributed by atoms with van der Waals surface area (Å²) in [5.41, 5.74) is 4.86. The average molecular weight is 379 g/mol. The molecule has 0 aliphatic heterocycles. The van der Waals surface area contributed by atoms with E-state index < -0.39 is 5.97 Å². The van der Waals surface area contributed by atoms with Gasteiger partial charge >= 0.3 is 5.97 Å². The second kappa shape index (κ2) is 10.7. The van der Waals surface area contributed by atoms with Crippen molar-refractivity contribution in [1.29, 1.82) is 0 Å². The van der Waals surface area contributed by atoms with Gasteiger partial charge in [0.25, 0.3) is 0 Å². The molecule has 0 spiro atoms. The fraction of sp³-hybridized carbons (Fsp3) is 0.217. The van der Waals surface area contributed by atoms with E-state index in [-0.39, 0.29) is 6.61 Å². The number of hydrogen-bond donors (Lipinski definition) is 0. The van der Waals surface area contributed by atoms with Crippen LogP contribution in [-0.2, 0) is 25.7 Å². The normalized spacial score (nSPS) is 12.1. The zero-order valence-corrected chi connectivity index (χ0v) is 16.6. The third kappa shape index (κ3) is 6.13. The van der Waals surface area contributed by atoms with Crippen LogP contribution in [0.25, 0.3) is 11.6 Å². The summed E-state index contributed by atoms with van der Waals surface area (Å²) in [7, 11) is 2.81. The third-order valence-electron chi connectivity index (χ3n) is 3.97. The van der Waals surface area contributed by atoms with Crippen LogP contribution in [0.4, 0.5) is 0 Å². The Morgan fingerprint density at radius 2 is 1.79 bits per heavy atom. The monoisotopic (exact) mass is 379 g/mol. The van der Waals surface area contributed by atoms with Gasteiger partial charge in [0.2, 0.25) is 0 Å². The molecule has 2 rings (SSSR count). The highest BCUT2D eigenvalue weighted by atomic mass is 16.6. The minimum Gasteiger partial charge on any atom is -0.503 e. The maximum absolute atomic E-state index is 12.0. The Hall–Kier alpha value is -3.34. The number of allylic oxidation sites excluding steroid dienone is 1. The topological polar surface area (TPSA) is 57.1 Å². The number of aryl methyl sites for hydroxylation is 1. The SMILES string of the molecule is CO/C=C(\C(=O)OC)c1ccccc1CO/N=C(C)/C=C/c1ccc(C)cc1. The number of methoxy groups -OCH3 is 2. The summed E-state index contributed by atoms with van der Waals surface area (Å²) in [6.45, 7) is 4.13. The lowest BCUT2D eigenvalue weighted by Gasteiger charge is -2.10. The number of oxime groups is 1. The predicted octanol–water partition coefficient (Wildman–Crippen LogP) is 4.76. The molecule has 0 bridgehead atoms. The molecule has 2 aromatic rings. The summed E-state index contributed by atoms with van der Waals surface area (Å²) in [6.07, 6.45) is 5.23. The number of carbonyl (C=O) groups is 1. The van der Waals surface area contributed by atoms with Crippen LogP contribution in [0, 0.1) is 6.92 Å². The van der Waals surface area contributed by atoms with E-state index in [1.807, 2.05) is 55.5 Å². The molecule has 0 aliphatic carbocycles. The predicted molar refractivity (Wildman–Crippen MR) is 112 cm³/mol. The van der Waals surface area contributed by atoms with Crippen molar-refractivity contribution in [1.82, 2.24) is 0 Å². The van der Waals surface area contributed by atoms with Gasteiger partial charge < -0.3 is 14.3 Å². The van der Waals surface area contributed by atoms with Crippen molar-refractivity contribution in [2.45, 2.75) is 20.5 Å². The Morgan fingerprint density at radius 3 is 2.46 bits per heavy atom. The van der Waals surface area contributed by atoms with E-state index in [1.165, 1.54) is 26.0 Å². The lowest BCUT2D eigenvalue weighted by Crippen LogP contribution is -2.07. The largest absolute Gasteiger partial charge is 0.503 e. The Bertz CT molecular complexity index is 880. The average Bonchev–Trinajstić information content (AvgIpc) is 2.71. The standard InChI is InChI=1S/C23H25NO4/c1-17-9-12-19(13-10-17)14-11-18(2)24-28-15-20-7-5-6-8-21(20)22(16-26-3)23(25)27-4/h5-14,16H,15H2,1-4H3/b14-11+,22-16-,24-18+. The van der Waals surface area contributed by atoms with Gasteiger partial charge in [0, 0.05) is 5.56 Å². The molecule has 0 fully saturated rings. The lowest BCUT2D eigenvalue weighted by atomic mass is 10.0. The first-order valence-corrected chi connectivity index (χ1v) is 8.86. The van der Waals surface area contributed by atoms with Gasteiger partial charge in [0.05, 0.1) is 26.2 Å². The first-order valence-electron chi connectivity index (χ1n) is 8.86. The molecular weight excluding hydrogens is 354 g/mol. The number of carbonyl (C=O) groups excluding carboxylic acids is 1. The zero-order chi connectivity index (χ0) is 20.4. The van der Waals surface area contributed by atoms with Gasteiger partial charge in [-0.1, -0.05) is 65.3 Å². The second-order valence-electron chi connectivity index (χ2n) is 6.17. The molecule has 0 N–H and O–H groups in total. The second-order valence-corrected chi connectivity index (χ2v) is 6.17. The molecule has 146 valence electrons. The van der Waals surface area contributed by atoms with Gasteiger partial charge in [-0.15, -0.1) is 0 Å². The molecule has 0 saturated carbocycles. The van der Waals surface area contributed by atoms with Crippen molar-refractivity contribution >= 4 is 23.3 Å². The van der Waals surface area contributed by atoms with E-state index in [1.54, 1.807) is 0 Å². The van der Waals surface area contributed by atoms with E-state index in [4.69, 9.17) is 14.3 Å². The number of benzene rings is 2. The van der Waals surface area contributed by atoms with Crippen molar-refractivity contribution < 1.29 is 19.1 Å². The van der Waals surface area contributed by atoms with Crippen LogP contribution >= 0.6 is 0 Å². The van der Waals surface area contributed by atoms with Gasteiger partial charge in [-0.25, -0.2) is 4.79 Å². The summed E-state index contributed by atoms with van der Waals surface area (Å²) in [4.78, 5) is 17.5. The van der Waals surface area contributed by atoms with Crippen LogP contribution in [0.3, 0.4) is 0 Å². The van der Waals surface area contributed by atoms with Gasteiger partial charge in [-0.2, -0.15) is 0 Å². The quantitative estimate of drug-likeness (QED) is 0.218. The summed E-state index contributed by atoms with van der Waals surface area (Å²) >= 11 is 0. The van der Waals surface area contributed by atoms with Crippen molar-refractivity contribution in [2.75, 3.05) is 14.2 Å². The maximum atomic E-state index is 12.0. The van der Waals surface area contributed by atoms with E-state index in [0.717, 1.165) is 16.8 Å². The Balaban J connectivity index is 2.08. The third-order valence-corrected chi connectivity index (χ3v) is 3.97. The van der Waals surface area contributed by atoms with Crippen LogP contribution in [0.1, 0.15) is 29.2 Å². The highest BCUT2D eigenvalue weighted by molar-refractivity contribution is 6.16. The first kappa shape index (κ1) is 21.0. The van der Waals surface area contributed by atoms with Gasteiger partial charge in [-0.05, 0) is 31.1 Å². The van der Waals surface area contributed by atoms with Crippen LogP contribution in [0.2, 0.25) is 0 Å². The molecule has 5 heteroatoms. The molecule has 28 heavy (non-hydrogen) atoms. The van der Waals surface area contributed by atoms with Crippen molar-refractivity contribution in [3.63, 3.8) is 0 Å². The fourth-order valence-corrected chi connectivity index (χ4v) is 2.49. The molecular formula is C23H25NO4. The molecule has 5 nitrogen and oxygen atoms in total. The number of esters is 1. The molecule has 2 aromatic carbocycles. The maximum Gasteiger partial charge on any atom is 0.341 e. The number of nitrogens with zero attached hydrogens (tertiary/aromatic N) is 1. The molecule has 0 atom stereocenters.